The molecule has 0 unspecified atom stereocenters. The number of hydrogen-bond acceptors (Lipinski definition) is 3. The molecular formula is C13H18N2O3. The van der Waals surface area contributed by atoms with Crippen LogP contribution in [0.4, 0.5) is 5.69 Å². The van der Waals surface area contributed by atoms with Crippen molar-refractivity contribution in [2.45, 2.75) is 19.8 Å². The summed E-state index contributed by atoms with van der Waals surface area (Å²) in [6, 6.07) is 6.89. The molecule has 0 spiro atoms. The van der Waals surface area contributed by atoms with Crippen molar-refractivity contribution in [3.05, 3.63) is 29.8 Å². The maximum Gasteiger partial charge on any atom is 0.307 e. The summed E-state index contributed by atoms with van der Waals surface area (Å²) in [4.78, 5) is 22.1. The predicted molar refractivity (Wildman–Crippen MR) is 69.6 cm³/mol. The molecule has 1 aromatic carbocycles. The molecule has 0 bridgehead atoms. The predicted octanol–water partition coefficient (Wildman–Crippen LogP) is 1.25. The summed E-state index contributed by atoms with van der Waals surface area (Å²) in [6.45, 7) is 3.45. The summed E-state index contributed by atoms with van der Waals surface area (Å²) < 4.78 is 0. The Kier molecular flexibility index (Phi) is 5.87. The van der Waals surface area contributed by atoms with Crippen LogP contribution in [0.3, 0.4) is 0 Å². The minimum atomic E-state index is -0.884. The van der Waals surface area contributed by atoms with E-state index in [1.807, 2.05) is 6.92 Å². The van der Waals surface area contributed by atoms with Gasteiger partial charge in [0.05, 0.1) is 6.42 Å². The number of carboxylic acid groups (broad SMARTS) is 1. The van der Waals surface area contributed by atoms with E-state index in [4.69, 9.17) is 5.11 Å². The van der Waals surface area contributed by atoms with E-state index < -0.39 is 5.97 Å². The fraction of sp³-hybridized carbons (Fsp3) is 0.385. The lowest BCUT2D eigenvalue weighted by molar-refractivity contribution is -0.136. The number of benzene rings is 1. The second kappa shape index (κ2) is 7.45. The molecular weight excluding hydrogens is 232 g/mol. The van der Waals surface area contributed by atoms with Crippen molar-refractivity contribution in [2.75, 3.05) is 18.4 Å². The van der Waals surface area contributed by atoms with Gasteiger partial charge < -0.3 is 15.7 Å². The zero-order valence-electron chi connectivity index (χ0n) is 10.4. The van der Waals surface area contributed by atoms with Crippen molar-refractivity contribution < 1.29 is 14.7 Å². The number of nitrogens with one attached hydrogen (secondary N) is 2. The molecule has 1 rings (SSSR count). The third-order valence-corrected chi connectivity index (χ3v) is 2.34. The standard InChI is InChI=1S/C13H18N2O3/c1-2-14-7-6-12(16)15-11-5-3-4-10(8-11)9-13(17)18/h3-5,8,14H,2,6-7,9H2,1H3,(H,15,16)(H,17,18). The van der Waals surface area contributed by atoms with Crippen molar-refractivity contribution >= 4 is 17.6 Å². The van der Waals surface area contributed by atoms with Gasteiger partial charge in [-0.1, -0.05) is 19.1 Å². The first-order chi connectivity index (χ1) is 8.61. The molecule has 0 saturated carbocycles. The van der Waals surface area contributed by atoms with Crippen LogP contribution in [0.1, 0.15) is 18.9 Å². The molecule has 0 heterocycles. The number of aliphatic carboxylic acids is 1. The zero-order valence-corrected chi connectivity index (χ0v) is 10.4. The Bertz CT molecular complexity index is 418. The summed E-state index contributed by atoms with van der Waals surface area (Å²) in [5, 5.41) is 14.5. The molecule has 0 atom stereocenters. The highest BCUT2D eigenvalue weighted by atomic mass is 16.4. The highest BCUT2D eigenvalue weighted by Crippen LogP contribution is 2.11. The van der Waals surface area contributed by atoms with Crippen molar-refractivity contribution in [1.29, 1.82) is 0 Å². The maximum atomic E-state index is 11.6. The van der Waals surface area contributed by atoms with Gasteiger partial charge in [-0.25, -0.2) is 0 Å². The normalized spacial score (nSPS) is 10.1. The topological polar surface area (TPSA) is 78.4 Å². The molecule has 0 aliphatic heterocycles. The van der Waals surface area contributed by atoms with E-state index in [1.165, 1.54) is 0 Å². The van der Waals surface area contributed by atoms with E-state index in [0.29, 0.717) is 24.2 Å². The van der Waals surface area contributed by atoms with Gasteiger partial charge in [-0.05, 0) is 24.2 Å². The van der Waals surface area contributed by atoms with E-state index in [1.54, 1.807) is 24.3 Å². The minimum Gasteiger partial charge on any atom is -0.481 e. The lowest BCUT2D eigenvalue weighted by atomic mass is 10.1. The number of hydrogen-bond donors (Lipinski definition) is 3. The first-order valence-corrected chi connectivity index (χ1v) is 5.93. The molecule has 18 heavy (non-hydrogen) atoms. The molecule has 1 amide bonds. The zero-order chi connectivity index (χ0) is 13.4. The highest BCUT2D eigenvalue weighted by molar-refractivity contribution is 5.91. The molecule has 5 heteroatoms. The van der Waals surface area contributed by atoms with Gasteiger partial charge in [0.2, 0.25) is 5.91 Å². The average Bonchev–Trinajstić information content (AvgIpc) is 2.28. The van der Waals surface area contributed by atoms with Crippen LogP contribution in [-0.4, -0.2) is 30.1 Å². The maximum absolute atomic E-state index is 11.6. The van der Waals surface area contributed by atoms with Crippen molar-refractivity contribution in [3.8, 4) is 0 Å². The summed E-state index contributed by atoms with van der Waals surface area (Å²) >= 11 is 0. The van der Waals surface area contributed by atoms with Gasteiger partial charge in [0.1, 0.15) is 0 Å². The first kappa shape index (κ1) is 14.2. The van der Waals surface area contributed by atoms with E-state index in [2.05, 4.69) is 10.6 Å². The second-order valence-electron chi connectivity index (χ2n) is 3.92. The molecule has 98 valence electrons. The smallest absolute Gasteiger partial charge is 0.307 e. The van der Waals surface area contributed by atoms with Crippen LogP contribution in [-0.2, 0) is 16.0 Å². The van der Waals surface area contributed by atoms with Crippen LogP contribution in [0.25, 0.3) is 0 Å². The fourth-order valence-electron chi connectivity index (χ4n) is 1.54. The third kappa shape index (κ3) is 5.45. The van der Waals surface area contributed by atoms with Gasteiger partial charge in [0.25, 0.3) is 0 Å². The minimum absolute atomic E-state index is 0.0406. The lowest BCUT2D eigenvalue weighted by Gasteiger charge is -2.06. The molecule has 3 N–H and O–H groups in total. The summed E-state index contributed by atoms with van der Waals surface area (Å²) in [5.74, 6) is -0.964. The summed E-state index contributed by atoms with van der Waals surface area (Å²) in [6.07, 6.45) is 0.359. The Morgan fingerprint density at radius 3 is 2.78 bits per heavy atom. The largest absolute Gasteiger partial charge is 0.481 e. The van der Waals surface area contributed by atoms with Gasteiger partial charge in [-0.3, -0.25) is 9.59 Å². The molecule has 0 aliphatic rings. The second-order valence-corrected chi connectivity index (χ2v) is 3.92. The Hall–Kier alpha value is -1.88. The van der Waals surface area contributed by atoms with Crippen LogP contribution in [0.2, 0.25) is 0 Å². The van der Waals surface area contributed by atoms with E-state index >= 15 is 0 Å². The number of rotatable bonds is 7. The van der Waals surface area contributed by atoms with E-state index in [9.17, 15) is 9.59 Å². The Morgan fingerprint density at radius 1 is 1.33 bits per heavy atom. The lowest BCUT2D eigenvalue weighted by Crippen LogP contribution is -2.21. The van der Waals surface area contributed by atoms with Gasteiger partial charge in [-0.15, -0.1) is 0 Å². The molecule has 0 aliphatic carbocycles. The molecule has 0 radical (unpaired) electrons. The quantitative estimate of drug-likeness (QED) is 0.636. The van der Waals surface area contributed by atoms with Gasteiger partial charge >= 0.3 is 5.97 Å². The molecule has 0 aromatic heterocycles. The van der Waals surface area contributed by atoms with Gasteiger partial charge in [-0.2, -0.15) is 0 Å². The SMILES string of the molecule is CCNCCC(=O)Nc1cccc(CC(=O)O)c1. The van der Waals surface area contributed by atoms with E-state index in [0.717, 1.165) is 6.54 Å². The molecule has 5 nitrogen and oxygen atoms in total. The third-order valence-electron chi connectivity index (χ3n) is 2.34. The van der Waals surface area contributed by atoms with Gasteiger partial charge in [0, 0.05) is 18.7 Å². The molecule has 0 saturated heterocycles. The van der Waals surface area contributed by atoms with Crippen molar-refractivity contribution in [2.24, 2.45) is 0 Å². The fourth-order valence-corrected chi connectivity index (χ4v) is 1.54. The van der Waals surface area contributed by atoms with Crippen LogP contribution >= 0.6 is 0 Å². The Morgan fingerprint density at radius 2 is 2.11 bits per heavy atom. The molecule has 0 fully saturated rings. The average molecular weight is 250 g/mol. The highest BCUT2D eigenvalue weighted by Gasteiger charge is 2.04. The summed E-state index contributed by atoms with van der Waals surface area (Å²) in [7, 11) is 0. The van der Waals surface area contributed by atoms with Crippen molar-refractivity contribution in [3.63, 3.8) is 0 Å². The van der Waals surface area contributed by atoms with Crippen LogP contribution in [0.15, 0.2) is 24.3 Å². The van der Waals surface area contributed by atoms with Crippen molar-refractivity contribution in [1.82, 2.24) is 5.32 Å². The van der Waals surface area contributed by atoms with Crippen LogP contribution < -0.4 is 10.6 Å². The first-order valence-electron chi connectivity index (χ1n) is 5.93. The van der Waals surface area contributed by atoms with Crippen LogP contribution in [0, 0.1) is 0 Å². The molecule has 1 aromatic rings. The van der Waals surface area contributed by atoms with Crippen LogP contribution in [0.5, 0.6) is 0 Å². The Balaban J connectivity index is 2.51. The number of anilines is 1. The van der Waals surface area contributed by atoms with E-state index in [-0.39, 0.29) is 12.3 Å². The number of carbonyl (C=O) groups excluding carboxylic acids is 1. The number of carbonyl (C=O) groups is 2. The number of amides is 1. The monoisotopic (exact) mass is 250 g/mol. The Labute approximate surface area is 106 Å². The van der Waals surface area contributed by atoms with Gasteiger partial charge in [0.15, 0.2) is 0 Å². The summed E-state index contributed by atoms with van der Waals surface area (Å²) in [5.41, 5.74) is 1.31. The number of carboxylic acids is 1.